The molecule has 0 aliphatic carbocycles. The van der Waals surface area contributed by atoms with Crippen molar-refractivity contribution in [1.29, 1.82) is 0 Å². The van der Waals surface area contributed by atoms with E-state index in [1.165, 1.54) is 4.88 Å². The average molecular weight is 352 g/mol. The summed E-state index contributed by atoms with van der Waals surface area (Å²) in [6.07, 6.45) is 0.752. The van der Waals surface area contributed by atoms with Gasteiger partial charge < -0.3 is 10.0 Å². The van der Waals surface area contributed by atoms with Crippen molar-refractivity contribution in [2.75, 3.05) is 24.7 Å². The summed E-state index contributed by atoms with van der Waals surface area (Å²) >= 11 is 6.68. The second-order valence-electron chi connectivity index (χ2n) is 3.74. The number of hydrogen-bond acceptors (Lipinski definition) is 4. The van der Waals surface area contributed by atoms with E-state index in [0.717, 1.165) is 22.5 Å². The summed E-state index contributed by atoms with van der Waals surface area (Å²) in [5.41, 5.74) is 0. The molecule has 0 unspecified atom stereocenters. The standard InChI is InChI=1S/C12H18BrNO2S2/c1-2-14(8-10-4-5-11(13)18-10)12(16)9-17-7-3-6-15/h4-5,15H,2-3,6-9H2,1H3. The number of nitrogens with zero attached hydrogens (tertiary/aromatic N) is 1. The van der Waals surface area contributed by atoms with Gasteiger partial charge in [0.25, 0.3) is 0 Å². The Hall–Kier alpha value is -0.0400. The molecule has 0 atom stereocenters. The summed E-state index contributed by atoms with van der Waals surface area (Å²) in [5.74, 6) is 1.51. The number of hydrogen-bond donors (Lipinski definition) is 1. The van der Waals surface area contributed by atoms with Gasteiger partial charge in [-0.25, -0.2) is 0 Å². The fourth-order valence-electron chi connectivity index (χ4n) is 1.42. The van der Waals surface area contributed by atoms with Crippen LogP contribution in [0.15, 0.2) is 15.9 Å². The minimum absolute atomic E-state index is 0.171. The van der Waals surface area contributed by atoms with Crippen LogP contribution in [0.5, 0.6) is 0 Å². The lowest BCUT2D eigenvalue weighted by molar-refractivity contribution is -0.128. The van der Waals surface area contributed by atoms with Crippen molar-refractivity contribution < 1.29 is 9.90 Å². The number of thioether (sulfide) groups is 1. The van der Waals surface area contributed by atoms with E-state index < -0.39 is 0 Å². The Morgan fingerprint density at radius 1 is 1.56 bits per heavy atom. The van der Waals surface area contributed by atoms with Crippen LogP contribution < -0.4 is 0 Å². The van der Waals surface area contributed by atoms with Gasteiger partial charge in [0.2, 0.25) is 5.91 Å². The van der Waals surface area contributed by atoms with Crippen molar-refractivity contribution in [1.82, 2.24) is 4.90 Å². The minimum Gasteiger partial charge on any atom is -0.396 e. The quantitative estimate of drug-likeness (QED) is 0.732. The molecule has 0 saturated heterocycles. The third kappa shape index (κ3) is 5.73. The summed E-state index contributed by atoms with van der Waals surface area (Å²) in [6.45, 7) is 3.61. The van der Waals surface area contributed by atoms with Gasteiger partial charge >= 0.3 is 0 Å². The zero-order valence-electron chi connectivity index (χ0n) is 10.4. The third-order valence-electron chi connectivity index (χ3n) is 2.38. The number of rotatable bonds is 8. The lowest BCUT2D eigenvalue weighted by atomic mass is 10.4. The normalized spacial score (nSPS) is 10.6. The number of carbonyl (C=O) groups is 1. The van der Waals surface area contributed by atoms with Crippen LogP contribution >= 0.6 is 39.0 Å². The van der Waals surface area contributed by atoms with E-state index in [0.29, 0.717) is 12.3 Å². The molecule has 1 heterocycles. The van der Waals surface area contributed by atoms with Gasteiger partial charge in [-0.3, -0.25) is 4.79 Å². The molecule has 1 rings (SSSR count). The van der Waals surface area contributed by atoms with Gasteiger partial charge in [0.05, 0.1) is 16.1 Å². The number of aliphatic hydroxyl groups is 1. The van der Waals surface area contributed by atoms with E-state index in [2.05, 4.69) is 15.9 Å². The number of carbonyl (C=O) groups excluding carboxylic acids is 1. The van der Waals surface area contributed by atoms with Crippen molar-refractivity contribution in [2.24, 2.45) is 0 Å². The molecule has 1 aromatic heterocycles. The van der Waals surface area contributed by atoms with Gasteiger partial charge in [-0.2, -0.15) is 11.8 Å². The van der Waals surface area contributed by atoms with Gasteiger partial charge in [0.1, 0.15) is 0 Å². The summed E-state index contributed by atoms with van der Waals surface area (Å²) < 4.78 is 1.10. The fraction of sp³-hybridized carbons (Fsp3) is 0.583. The molecule has 1 N–H and O–H groups in total. The van der Waals surface area contributed by atoms with Crippen LogP contribution in [-0.4, -0.2) is 40.6 Å². The SMILES string of the molecule is CCN(Cc1ccc(Br)s1)C(=O)CSCCCO. The van der Waals surface area contributed by atoms with Gasteiger partial charge in [-0.05, 0) is 47.2 Å². The van der Waals surface area contributed by atoms with Crippen molar-refractivity contribution in [3.63, 3.8) is 0 Å². The average Bonchev–Trinajstić information content (AvgIpc) is 2.77. The molecule has 1 amide bonds. The molecule has 0 aromatic carbocycles. The Bertz CT molecular complexity index is 371. The van der Waals surface area contributed by atoms with E-state index in [-0.39, 0.29) is 12.5 Å². The van der Waals surface area contributed by atoms with E-state index in [9.17, 15) is 4.79 Å². The topological polar surface area (TPSA) is 40.5 Å². The predicted octanol–water partition coefficient (Wildman–Crippen LogP) is 2.97. The molecular formula is C12H18BrNO2S2. The first kappa shape index (κ1) is 16.0. The highest BCUT2D eigenvalue weighted by Gasteiger charge is 2.12. The summed E-state index contributed by atoms with van der Waals surface area (Å²) in [7, 11) is 0. The molecule has 3 nitrogen and oxygen atoms in total. The molecule has 102 valence electrons. The predicted molar refractivity (Wildman–Crippen MR) is 82.1 cm³/mol. The van der Waals surface area contributed by atoms with E-state index in [1.807, 2.05) is 24.0 Å². The van der Waals surface area contributed by atoms with Crippen molar-refractivity contribution in [2.45, 2.75) is 19.9 Å². The summed E-state index contributed by atoms with van der Waals surface area (Å²) in [4.78, 5) is 15.0. The monoisotopic (exact) mass is 351 g/mol. The maximum Gasteiger partial charge on any atom is 0.232 e. The molecule has 0 aliphatic rings. The lowest BCUT2D eigenvalue weighted by Gasteiger charge is -2.19. The second-order valence-corrected chi connectivity index (χ2v) is 7.40. The molecular weight excluding hydrogens is 334 g/mol. The van der Waals surface area contributed by atoms with Gasteiger partial charge in [0, 0.05) is 18.0 Å². The number of amides is 1. The molecule has 0 aliphatic heterocycles. The maximum absolute atomic E-state index is 12.0. The summed E-state index contributed by atoms with van der Waals surface area (Å²) in [5, 5.41) is 8.67. The number of aliphatic hydroxyl groups excluding tert-OH is 1. The van der Waals surface area contributed by atoms with Crippen LogP contribution in [0.1, 0.15) is 18.2 Å². The van der Waals surface area contributed by atoms with Gasteiger partial charge in [0.15, 0.2) is 0 Å². The number of thiophene rings is 1. The molecule has 0 spiro atoms. The maximum atomic E-state index is 12.0. The van der Waals surface area contributed by atoms with E-state index >= 15 is 0 Å². The minimum atomic E-state index is 0.171. The molecule has 0 radical (unpaired) electrons. The molecule has 0 saturated carbocycles. The Balaban J connectivity index is 2.37. The van der Waals surface area contributed by atoms with Crippen molar-refractivity contribution in [3.8, 4) is 0 Å². The first-order valence-electron chi connectivity index (χ1n) is 5.88. The summed E-state index contributed by atoms with van der Waals surface area (Å²) in [6, 6.07) is 4.05. The first-order chi connectivity index (χ1) is 8.67. The van der Waals surface area contributed by atoms with Crippen LogP contribution in [0.3, 0.4) is 0 Å². The van der Waals surface area contributed by atoms with Gasteiger partial charge in [-0.1, -0.05) is 0 Å². The third-order valence-corrected chi connectivity index (χ3v) is 5.02. The van der Waals surface area contributed by atoms with Crippen LogP contribution in [0.25, 0.3) is 0 Å². The van der Waals surface area contributed by atoms with Crippen LogP contribution in [0.4, 0.5) is 0 Å². The smallest absolute Gasteiger partial charge is 0.232 e. The first-order valence-corrected chi connectivity index (χ1v) is 8.64. The Morgan fingerprint density at radius 2 is 2.33 bits per heavy atom. The highest BCUT2D eigenvalue weighted by molar-refractivity contribution is 9.11. The Labute approximate surface area is 125 Å². The number of halogens is 1. The van der Waals surface area contributed by atoms with Crippen LogP contribution in [-0.2, 0) is 11.3 Å². The molecule has 1 aromatic rings. The highest BCUT2D eigenvalue weighted by Crippen LogP contribution is 2.23. The lowest BCUT2D eigenvalue weighted by Crippen LogP contribution is -2.31. The zero-order chi connectivity index (χ0) is 13.4. The zero-order valence-corrected chi connectivity index (χ0v) is 13.6. The molecule has 18 heavy (non-hydrogen) atoms. The van der Waals surface area contributed by atoms with E-state index in [4.69, 9.17) is 5.11 Å². The van der Waals surface area contributed by atoms with Crippen LogP contribution in [0.2, 0.25) is 0 Å². The van der Waals surface area contributed by atoms with Crippen molar-refractivity contribution >= 4 is 44.9 Å². The molecule has 0 fully saturated rings. The Kier molecular flexibility index (Phi) is 7.97. The molecule has 0 bridgehead atoms. The van der Waals surface area contributed by atoms with Crippen LogP contribution in [0, 0.1) is 0 Å². The second kappa shape index (κ2) is 8.96. The largest absolute Gasteiger partial charge is 0.396 e. The highest BCUT2D eigenvalue weighted by atomic mass is 79.9. The molecule has 6 heteroatoms. The van der Waals surface area contributed by atoms with Crippen molar-refractivity contribution in [3.05, 3.63) is 20.8 Å². The van der Waals surface area contributed by atoms with Gasteiger partial charge in [-0.15, -0.1) is 11.3 Å². The van der Waals surface area contributed by atoms with E-state index in [1.54, 1.807) is 23.1 Å². The fourth-order valence-corrected chi connectivity index (χ4v) is 3.75. The Morgan fingerprint density at radius 3 is 2.89 bits per heavy atom.